The standard InChI is InChI=1S/C56H70B2/c1-9-11-13-15-17-19-33-55(34-20-18-16-14-12-10-2)49-35-43(57)29-31-45(49)47-38-52-48(37-50(47)55)46-32-30-44(58)36-51(46)56(52,41-25-21-39(22-26-41)53(3,4)5)42-27-23-40(24-28-42)54(6,7)8/h21-32,35-38,45,49H,9-20,33-34H2,1-8H3. The maximum absolute atomic E-state index is 6.82. The van der Waals surface area contributed by atoms with Gasteiger partial charge in [-0.05, 0) is 91.3 Å². The number of benzene rings is 4. The number of hydrogen-bond donors (Lipinski definition) is 0. The number of rotatable bonds is 16. The van der Waals surface area contributed by atoms with Gasteiger partial charge >= 0.3 is 0 Å². The normalized spacial score (nSPS) is 18.7. The second-order valence-electron chi connectivity index (χ2n) is 20.5. The Morgan fingerprint density at radius 1 is 0.534 bits per heavy atom. The van der Waals surface area contributed by atoms with E-state index in [-0.39, 0.29) is 16.2 Å². The molecule has 4 aromatic carbocycles. The summed E-state index contributed by atoms with van der Waals surface area (Å²) in [5, 5.41) is 0. The van der Waals surface area contributed by atoms with Crippen LogP contribution in [0.2, 0.25) is 0 Å². The van der Waals surface area contributed by atoms with Crippen molar-refractivity contribution in [3.8, 4) is 11.1 Å². The summed E-state index contributed by atoms with van der Waals surface area (Å²) in [6.07, 6.45) is 25.4. The van der Waals surface area contributed by atoms with Crippen molar-refractivity contribution < 1.29 is 0 Å². The predicted molar refractivity (Wildman–Crippen MR) is 253 cm³/mol. The molecule has 2 heteroatoms. The van der Waals surface area contributed by atoms with Gasteiger partial charge in [-0.15, -0.1) is 5.47 Å². The van der Waals surface area contributed by atoms with Gasteiger partial charge in [-0.1, -0.05) is 229 Å². The van der Waals surface area contributed by atoms with E-state index < -0.39 is 5.41 Å². The molecule has 2 unspecified atom stereocenters. The largest absolute Gasteiger partial charge is 0.113 e. The van der Waals surface area contributed by atoms with E-state index in [1.807, 2.05) is 0 Å². The first-order valence-electron chi connectivity index (χ1n) is 23.2. The van der Waals surface area contributed by atoms with E-state index in [0.717, 1.165) is 10.9 Å². The fourth-order valence-corrected chi connectivity index (χ4v) is 11.2. The van der Waals surface area contributed by atoms with Gasteiger partial charge in [0.05, 0.1) is 5.41 Å². The zero-order chi connectivity index (χ0) is 41.3. The van der Waals surface area contributed by atoms with E-state index in [2.05, 4.69) is 152 Å². The van der Waals surface area contributed by atoms with Gasteiger partial charge < -0.3 is 0 Å². The monoisotopic (exact) mass is 765 g/mol. The lowest BCUT2D eigenvalue weighted by atomic mass is 9.64. The molecule has 7 rings (SSSR count). The molecule has 4 aromatic rings. The van der Waals surface area contributed by atoms with Crippen LogP contribution in [0.15, 0.2) is 103 Å². The van der Waals surface area contributed by atoms with Crippen molar-refractivity contribution in [3.05, 3.63) is 147 Å². The van der Waals surface area contributed by atoms with Crippen LogP contribution >= 0.6 is 0 Å². The summed E-state index contributed by atoms with van der Waals surface area (Å²) in [6.45, 7) is 18.5. The van der Waals surface area contributed by atoms with E-state index in [9.17, 15) is 0 Å². The lowest BCUT2D eigenvalue weighted by molar-refractivity contribution is 0.263. The van der Waals surface area contributed by atoms with Gasteiger partial charge in [0.1, 0.15) is 15.7 Å². The molecule has 0 saturated carbocycles. The Morgan fingerprint density at radius 2 is 1.03 bits per heavy atom. The molecule has 0 heterocycles. The quantitative estimate of drug-likeness (QED) is 0.0693. The van der Waals surface area contributed by atoms with Crippen LogP contribution in [-0.4, -0.2) is 15.7 Å². The SMILES string of the molecule is [B]C1=CC2C(C=C1)c1cc3c(cc1C2(CCCCCCCC)CCCCCCCC)-c1ccc([B])cc1C3(c1ccc(C(C)(C)C)cc1)c1ccc(C(C)(C)C)cc1. The van der Waals surface area contributed by atoms with E-state index in [1.54, 1.807) is 5.56 Å². The summed E-state index contributed by atoms with van der Waals surface area (Å²) in [7, 11) is 13.6. The maximum Gasteiger partial charge on any atom is 0.113 e. The van der Waals surface area contributed by atoms with Crippen molar-refractivity contribution in [1.29, 1.82) is 0 Å². The molecule has 0 saturated heterocycles. The van der Waals surface area contributed by atoms with Crippen molar-refractivity contribution in [2.24, 2.45) is 5.92 Å². The minimum absolute atomic E-state index is 0.0574. The highest BCUT2D eigenvalue weighted by Gasteiger charge is 2.53. The van der Waals surface area contributed by atoms with Crippen LogP contribution < -0.4 is 5.46 Å². The van der Waals surface area contributed by atoms with Crippen LogP contribution in [-0.2, 0) is 21.7 Å². The molecule has 3 aliphatic rings. The second-order valence-corrected chi connectivity index (χ2v) is 20.5. The summed E-state index contributed by atoms with van der Waals surface area (Å²) < 4.78 is 0. The van der Waals surface area contributed by atoms with Gasteiger partial charge in [0.25, 0.3) is 0 Å². The highest BCUT2D eigenvalue weighted by atomic mass is 14.6. The average molecular weight is 765 g/mol. The molecule has 4 radical (unpaired) electrons. The van der Waals surface area contributed by atoms with Gasteiger partial charge in [-0.25, -0.2) is 0 Å². The fraction of sp³-hybridized carbons (Fsp3) is 0.500. The molecular formula is C56H70B2. The van der Waals surface area contributed by atoms with E-state index >= 15 is 0 Å². The first-order valence-corrected chi connectivity index (χ1v) is 23.2. The third-order valence-electron chi connectivity index (χ3n) is 14.4. The minimum atomic E-state index is -0.519. The lowest BCUT2D eigenvalue weighted by Crippen LogP contribution is -2.33. The Morgan fingerprint density at radius 3 is 1.55 bits per heavy atom. The molecule has 2 atom stereocenters. The first-order chi connectivity index (χ1) is 27.8. The molecule has 0 nitrogen and oxygen atoms in total. The molecule has 0 spiro atoms. The molecule has 0 N–H and O–H groups in total. The molecule has 0 bridgehead atoms. The zero-order valence-electron chi connectivity index (χ0n) is 37.4. The molecule has 0 aliphatic heterocycles. The van der Waals surface area contributed by atoms with Crippen molar-refractivity contribution in [2.75, 3.05) is 0 Å². The fourth-order valence-electron chi connectivity index (χ4n) is 11.2. The minimum Gasteiger partial charge on any atom is -0.101 e. The third-order valence-corrected chi connectivity index (χ3v) is 14.4. The highest BCUT2D eigenvalue weighted by Crippen LogP contribution is 2.63. The van der Waals surface area contributed by atoms with E-state index in [4.69, 9.17) is 15.7 Å². The Kier molecular flexibility index (Phi) is 12.7. The lowest BCUT2D eigenvalue weighted by Gasteiger charge is -2.39. The maximum atomic E-state index is 6.82. The van der Waals surface area contributed by atoms with Gasteiger partial charge in [-0.2, -0.15) is 0 Å². The van der Waals surface area contributed by atoms with Gasteiger partial charge in [-0.3, -0.25) is 0 Å². The number of hydrogen-bond acceptors (Lipinski definition) is 0. The van der Waals surface area contributed by atoms with Crippen molar-refractivity contribution in [2.45, 2.75) is 173 Å². The molecule has 0 fully saturated rings. The summed E-state index contributed by atoms with van der Waals surface area (Å²) in [6, 6.07) is 31.3. The highest BCUT2D eigenvalue weighted by molar-refractivity contribution is 6.32. The number of unbranched alkanes of at least 4 members (excludes halogenated alkanes) is 10. The van der Waals surface area contributed by atoms with Crippen molar-refractivity contribution in [3.63, 3.8) is 0 Å². The van der Waals surface area contributed by atoms with E-state index in [1.165, 1.54) is 140 Å². The molecule has 0 amide bonds. The van der Waals surface area contributed by atoms with Crippen LogP contribution in [0, 0.1) is 5.92 Å². The Labute approximate surface area is 356 Å². The van der Waals surface area contributed by atoms with Gasteiger partial charge in [0.15, 0.2) is 0 Å². The molecular weight excluding hydrogens is 694 g/mol. The van der Waals surface area contributed by atoms with Crippen molar-refractivity contribution >= 4 is 21.2 Å². The summed E-state index contributed by atoms with van der Waals surface area (Å²) in [4.78, 5) is 0. The smallest absolute Gasteiger partial charge is 0.101 e. The molecule has 300 valence electrons. The zero-order valence-corrected chi connectivity index (χ0v) is 37.4. The molecule has 58 heavy (non-hydrogen) atoms. The van der Waals surface area contributed by atoms with Crippen molar-refractivity contribution in [1.82, 2.24) is 0 Å². The Bertz CT molecular complexity index is 2020. The Hall–Kier alpha value is -3.51. The van der Waals surface area contributed by atoms with Crippen LogP contribution in [0.4, 0.5) is 0 Å². The summed E-state index contributed by atoms with van der Waals surface area (Å²) >= 11 is 0. The summed E-state index contributed by atoms with van der Waals surface area (Å²) in [5.74, 6) is 0.685. The third kappa shape index (κ3) is 7.93. The number of fused-ring (bicyclic) bond motifs is 6. The first kappa shape index (κ1) is 42.6. The average Bonchev–Trinajstić information content (AvgIpc) is 3.62. The molecule has 3 aliphatic carbocycles. The van der Waals surface area contributed by atoms with E-state index in [0.29, 0.717) is 11.8 Å². The molecule has 0 aromatic heterocycles. The number of allylic oxidation sites excluding steroid dienone is 4. The van der Waals surface area contributed by atoms with Crippen LogP contribution in [0.3, 0.4) is 0 Å². The second kappa shape index (κ2) is 17.2. The van der Waals surface area contributed by atoms with Gasteiger partial charge in [0.2, 0.25) is 0 Å². The van der Waals surface area contributed by atoms with Gasteiger partial charge in [0, 0.05) is 11.3 Å². The van der Waals surface area contributed by atoms with Crippen LogP contribution in [0.25, 0.3) is 11.1 Å². The predicted octanol–water partition coefficient (Wildman–Crippen LogP) is 14.5. The van der Waals surface area contributed by atoms with Crippen LogP contribution in [0.1, 0.15) is 196 Å². The van der Waals surface area contributed by atoms with Crippen LogP contribution in [0.5, 0.6) is 0 Å². The topological polar surface area (TPSA) is 0 Å². The summed E-state index contributed by atoms with van der Waals surface area (Å²) in [5.41, 5.74) is 15.2. The Balaban J connectivity index is 1.46.